The van der Waals surface area contributed by atoms with Crippen LogP contribution in [0.2, 0.25) is 0 Å². The van der Waals surface area contributed by atoms with Gasteiger partial charge in [-0.25, -0.2) is 4.98 Å². The van der Waals surface area contributed by atoms with E-state index in [9.17, 15) is 14.9 Å². The van der Waals surface area contributed by atoms with Gasteiger partial charge in [0.15, 0.2) is 0 Å². The first kappa shape index (κ1) is 22.8. The Balaban J connectivity index is 1.87. The van der Waals surface area contributed by atoms with Crippen LogP contribution in [-0.2, 0) is 17.8 Å². The largest absolute Gasteiger partial charge is 0.349 e. The van der Waals surface area contributed by atoms with E-state index in [1.165, 1.54) is 6.07 Å². The van der Waals surface area contributed by atoms with E-state index in [2.05, 4.69) is 26.8 Å². The fraction of sp³-hybridized carbons (Fsp3) is 0.280. The number of carbonyl (C=O) groups excluding carboxylic acids is 1. The number of hydrogen-bond acceptors (Lipinski definition) is 4. The van der Waals surface area contributed by atoms with Crippen molar-refractivity contribution in [2.24, 2.45) is 0 Å². The summed E-state index contributed by atoms with van der Waals surface area (Å²) in [5, 5.41) is 12.4. The number of aromatic amines is 1. The smallest absolute Gasteiger partial charge is 0.266 e. The zero-order valence-corrected chi connectivity index (χ0v) is 18.8. The van der Waals surface area contributed by atoms with Crippen LogP contribution in [0.15, 0.2) is 46.8 Å². The number of nitriles is 1. The fourth-order valence-corrected chi connectivity index (χ4v) is 3.61. The summed E-state index contributed by atoms with van der Waals surface area (Å²) in [7, 11) is 0. The minimum Gasteiger partial charge on any atom is -0.349 e. The molecule has 0 aliphatic carbocycles. The number of carbonyl (C=O) groups is 1. The zero-order valence-electron chi connectivity index (χ0n) is 18.8. The lowest BCUT2D eigenvalue weighted by atomic mass is 10.1. The van der Waals surface area contributed by atoms with Crippen LogP contribution in [0.5, 0.6) is 0 Å². The Bertz CT molecular complexity index is 1270. The zero-order chi connectivity index (χ0) is 23.3. The van der Waals surface area contributed by atoms with Crippen molar-refractivity contribution in [3.63, 3.8) is 0 Å². The number of aromatic nitrogens is 3. The van der Waals surface area contributed by atoms with Gasteiger partial charge in [0.1, 0.15) is 17.5 Å². The molecule has 0 saturated carbocycles. The number of aryl methyl sites for hydroxylation is 2. The van der Waals surface area contributed by atoms with Crippen molar-refractivity contribution in [1.82, 2.24) is 14.5 Å². The van der Waals surface area contributed by atoms with Crippen molar-refractivity contribution in [2.75, 3.05) is 5.32 Å². The SMILES string of the molecule is CCCn1c(C)cc(C=C(C#N)C(=O)Nc2cccc(-c3nc(CC)cc(=O)[nH]3)c2)c1C. The van der Waals surface area contributed by atoms with E-state index in [1.54, 1.807) is 30.3 Å². The molecular weight excluding hydrogens is 402 g/mol. The molecule has 2 N–H and O–H groups in total. The second-order valence-electron chi connectivity index (χ2n) is 7.62. The van der Waals surface area contributed by atoms with Gasteiger partial charge in [-0.2, -0.15) is 5.26 Å². The number of anilines is 1. The molecule has 0 aliphatic heterocycles. The number of nitrogens with zero attached hydrogens (tertiary/aromatic N) is 3. The summed E-state index contributed by atoms with van der Waals surface area (Å²) in [5.41, 5.74) is 4.64. The highest BCUT2D eigenvalue weighted by Gasteiger charge is 2.14. The van der Waals surface area contributed by atoms with E-state index in [4.69, 9.17) is 0 Å². The van der Waals surface area contributed by atoms with E-state index in [-0.39, 0.29) is 11.1 Å². The standard InChI is InChI=1S/C25H27N5O2/c1-5-10-30-16(3)11-19(17(30)4)12-20(15-26)25(32)28-22-9-7-8-18(13-22)24-27-21(6-2)14-23(31)29-24/h7-9,11-14H,5-6,10H2,1-4H3,(H,28,32)(H,27,29,31). The molecule has 0 radical (unpaired) electrons. The molecule has 3 aromatic rings. The van der Waals surface area contributed by atoms with E-state index in [0.717, 1.165) is 29.9 Å². The molecule has 0 saturated heterocycles. The first-order valence-corrected chi connectivity index (χ1v) is 10.7. The molecule has 1 aromatic carbocycles. The molecule has 7 heteroatoms. The summed E-state index contributed by atoms with van der Waals surface area (Å²) < 4.78 is 2.18. The highest BCUT2D eigenvalue weighted by atomic mass is 16.1. The molecule has 2 aromatic heterocycles. The predicted octanol–water partition coefficient (Wildman–Crippen LogP) is 4.37. The van der Waals surface area contributed by atoms with Crippen molar-refractivity contribution < 1.29 is 4.79 Å². The maximum atomic E-state index is 12.8. The van der Waals surface area contributed by atoms with Crippen molar-refractivity contribution in [2.45, 2.75) is 47.1 Å². The van der Waals surface area contributed by atoms with Gasteiger partial charge in [0.25, 0.3) is 11.5 Å². The van der Waals surface area contributed by atoms with Crippen LogP contribution in [0.25, 0.3) is 17.5 Å². The van der Waals surface area contributed by atoms with Crippen molar-refractivity contribution >= 4 is 17.7 Å². The molecule has 0 unspecified atom stereocenters. The highest BCUT2D eigenvalue weighted by Crippen LogP contribution is 2.21. The van der Waals surface area contributed by atoms with Crippen LogP contribution in [0.3, 0.4) is 0 Å². The molecule has 0 fully saturated rings. The van der Waals surface area contributed by atoms with Gasteiger partial charge in [-0.05, 0) is 56.5 Å². The topological polar surface area (TPSA) is 104 Å². The molecule has 32 heavy (non-hydrogen) atoms. The second kappa shape index (κ2) is 9.92. The van der Waals surface area contributed by atoms with Crippen LogP contribution < -0.4 is 10.9 Å². The van der Waals surface area contributed by atoms with Crippen LogP contribution in [0.1, 0.15) is 42.9 Å². The molecule has 0 spiro atoms. The summed E-state index contributed by atoms with van der Waals surface area (Å²) in [4.78, 5) is 31.9. The maximum Gasteiger partial charge on any atom is 0.266 e. The molecule has 3 rings (SSSR count). The van der Waals surface area contributed by atoms with Crippen LogP contribution >= 0.6 is 0 Å². The fourth-order valence-electron chi connectivity index (χ4n) is 3.61. The van der Waals surface area contributed by atoms with Crippen molar-refractivity contribution in [3.8, 4) is 17.5 Å². The molecule has 0 aliphatic rings. The van der Waals surface area contributed by atoms with Gasteiger partial charge in [-0.15, -0.1) is 0 Å². The van der Waals surface area contributed by atoms with E-state index < -0.39 is 5.91 Å². The molecule has 164 valence electrons. The lowest BCUT2D eigenvalue weighted by Gasteiger charge is -2.08. The summed E-state index contributed by atoms with van der Waals surface area (Å²) >= 11 is 0. The molecule has 7 nitrogen and oxygen atoms in total. The van der Waals surface area contributed by atoms with Gasteiger partial charge in [-0.3, -0.25) is 9.59 Å². The molecular formula is C25H27N5O2. The Kier molecular flexibility index (Phi) is 7.06. The number of nitrogens with one attached hydrogen (secondary N) is 2. The van der Waals surface area contributed by atoms with Crippen molar-refractivity contribution in [3.05, 3.63) is 75.0 Å². The predicted molar refractivity (Wildman–Crippen MR) is 126 cm³/mol. The summed E-state index contributed by atoms with van der Waals surface area (Å²) in [6.07, 6.45) is 3.27. The van der Waals surface area contributed by atoms with Gasteiger partial charge in [0, 0.05) is 40.9 Å². The van der Waals surface area contributed by atoms with Crippen molar-refractivity contribution in [1.29, 1.82) is 5.26 Å². The lowest BCUT2D eigenvalue weighted by molar-refractivity contribution is -0.112. The number of amides is 1. The van der Waals surface area contributed by atoms with Gasteiger partial charge in [0.05, 0.1) is 0 Å². The summed E-state index contributed by atoms with van der Waals surface area (Å²) in [6, 6.07) is 12.5. The van der Waals surface area contributed by atoms with E-state index >= 15 is 0 Å². The quantitative estimate of drug-likeness (QED) is 0.430. The molecule has 0 bridgehead atoms. The Morgan fingerprint density at radius 1 is 1.25 bits per heavy atom. The maximum absolute atomic E-state index is 12.8. The number of H-pyrrole nitrogens is 1. The average Bonchev–Trinajstić information content (AvgIpc) is 3.04. The Hall–Kier alpha value is -3.92. The van der Waals surface area contributed by atoms with Crippen LogP contribution in [-0.4, -0.2) is 20.4 Å². The third-order valence-corrected chi connectivity index (χ3v) is 5.28. The Labute approximate surface area is 187 Å². The number of benzene rings is 1. The number of hydrogen-bond donors (Lipinski definition) is 2. The summed E-state index contributed by atoms with van der Waals surface area (Å²) in [5.74, 6) is -0.0569. The van der Waals surface area contributed by atoms with Gasteiger partial charge in [0.2, 0.25) is 0 Å². The summed E-state index contributed by atoms with van der Waals surface area (Å²) in [6.45, 7) is 8.94. The Morgan fingerprint density at radius 3 is 2.72 bits per heavy atom. The average molecular weight is 430 g/mol. The molecule has 0 atom stereocenters. The van der Waals surface area contributed by atoms with Crippen LogP contribution in [0, 0.1) is 25.2 Å². The number of rotatable bonds is 7. The third-order valence-electron chi connectivity index (χ3n) is 5.28. The van der Waals surface area contributed by atoms with E-state index in [1.807, 2.05) is 32.9 Å². The van der Waals surface area contributed by atoms with Gasteiger partial charge >= 0.3 is 0 Å². The first-order valence-electron chi connectivity index (χ1n) is 10.7. The minimum atomic E-state index is -0.492. The normalized spacial score (nSPS) is 11.3. The Morgan fingerprint density at radius 2 is 2.03 bits per heavy atom. The van der Waals surface area contributed by atoms with Gasteiger partial charge in [-0.1, -0.05) is 26.0 Å². The third kappa shape index (κ3) is 5.03. The molecule has 1 amide bonds. The highest BCUT2D eigenvalue weighted by molar-refractivity contribution is 6.09. The van der Waals surface area contributed by atoms with Crippen LogP contribution in [0.4, 0.5) is 5.69 Å². The minimum absolute atomic E-state index is 0.0201. The second-order valence-corrected chi connectivity index (χ2v) is 7.62. The lowest BCUT2D eigenvalue weighted by Crippen LogP contribution is -2.14. The monoisotopic (exact) mass is 429 g/mol. The molecule has 2 heterocycles. The first-order chi connectivity index (χ1) is 15.4. The van der Waals surface area contributed by atoms with Gasteiger partial charge < -0.3 is 14.9 Å². The van der Waals surface area contributed by atoms with E-state index in [0.29, 0.717) is 29.2 Å².